The van der Waals surface area contributed by atoms with E-state index in [4.69, 9.17) is 16.0 Å². The van der Waals surface area contributed by atoms with Crippen LogP contribution in [-0.4, -0.2) is 62.4 Å². The number of likely N-dealkylation sites (tertiary alicyclic amines) is 1. The summed E-state index contributed by atoms with van der Waals surface area (Å²) >= 11 is 6.24. The van der Waals surface area contributed by atoms with Gasteiger partial charge in [0.25, 0.3) is 0 Å². The van der Waals surface area contributed by atoms with Crippen molar-refractivity contribution < 1.29 is 12.8 Å². The van der Waals surface area contributed by atoms with Crippen LogP contribution in [0.5, 0.6) is 0 Å². The van der Waals surface area contributed by atoms with Gasteiger partial charge in [-0.25, -0.2) is 8.42 Å². The first-order valence-corrected chi connectivity index (χ1v) is 10.9. The molecular weight excluding hydrogens is 372 g/mol. The van der Waals surface area contributed by atoms with Crippen LogP contribution in [0.4, 0.5) is 0 Å². The normalized spacial score (nSPS) is 27.9. The van der Waals surface area contributed by atoms with E-state index in [9.17, 15) is 8.42 Å². The zero-order valence-corrected chi connectivity index (χ0v) is 16.5. The minimum absolute atomic E-state index is 0.102. The van der Waals surface area contributed by atoms with E-state index in [1.807, 2.05) is 55.4 Å². The standard InChI is InChI=1S/C19H23ClN2O3S/c1-21(2)17-12-26(23,24)19-11-22(10-15(17)19)9-13-7-8-18(25-13)14-5-3-4-6-16(14)20/h3-8,15,17,19H,9-12H2,1-2H3/t15-,17+,19-/m0/s1. The molecule has 2 aliphatic rings. The Bertz CT molecular complexity index is 909. The molecule has 7 heteroatoms. The number of fused-ring (bicyclic) bond motifs is 1. The number of nitrogens with zero attached hydrogens (tertiary/aromatic N) is 2. The van der Waals surface area contributed by atoms with Crippen molar-refractivity contribution in [2.45, 2.75) is 17.8 Å². The van der Waals surface area contributed by atoms with Crippen molar-refractivity contribution in [3.63, 3.8) is 0 Å². The lowest BCUT2D eigenvalue weighted by atomic mass is 10.00. The van der Waals surface area contributed by atoms with Gasteiger partial charge in [0, 0.05) is 30.6 Å². The lowest BCUT2D eigenvalue weighted by molar-refractivity contribution is 0.224. The molecule has 5 nitrogen and oxygen atoms in total. The van der Waals surface area contributed by atoms with Gasteiger partial charge in [0.2, 0.25) is 0 Å². The van der Waals surface area contributed by atoms with Crippen molar-refractivity contribution in [1.82, 2.24) is 9.80 Å². The third-order valence-electron chi connectivity index (χ3n) is 5.59. The number of hydrogen-bond donors (Lipinski definition) is 0. The quantitative estimate of drug-likeness (QED) is 0.798. The van der Waals surface area contributed by atoms with Crippen LogP contribution in [0, 0.1) is 5.92 Å². The highest BCUT2D eigenvalue weighted by molar-refractivity contribution is 7.92. The van der Waals surface area contributed by atoms with E-state index < -0.39 is 9.84 Å². The van der Waals surface area contributed by atoms with Gasteiger partial charge in [-0.15, -0.1) is 0 Å². The van der Waals surface area contributed by atoms with Crippen LogP contribution in [0.25, 0.3) is 11.3 Å². The van der Waals surface area contributed by atoms with E-state index in [0.717, 1.165) is 23.6 Å². The summed E-state index contributed by atoms with van der Waals surface area (Å²) in [5.74, 6) is 2.02. The fraction of sp³-hybridized carbons (Fsp3) is 0.474. The monoisotopic (exact) mass is 394 g/mol. The van der Waals surface area contributed by atoms with Gasteiger partial charge in [-0.2, -0.15) is 0 Å². The summed E-state index contributed by atoms with van der Waals surface area (Å²) in [5.41, 5.74) is 0.869. The second-order valence-electron chi connectivity index (χ2n) is 7.50. The molecule has 26 heavy (non-hydrogen) atoms. The summed E-state index contributed by atoms with van der Waals surface area (Å²) in [5, 5.41) is 0.400. The number of halogens is 1. The largest absolute Gasteiger partial charge is 0.460 e. The molecule has 3 atom stereocenters. The van der Waals surface area contributed by atoms with Crippen LogP contribution in [0.2, 0.25) is 5.02 Å². The summed E-state index contributed by atoms with van der Waals surface area (Å²) in [6.07, 6.45) is 0. The van der Waals surface area contributed by atoms with E-state index in [0.29, 0.717) is 18.1 Å². The van der Waals surface area contributed by atoms with Crippen molar-refractivity contribution in [2.75, 3.05) is 32.9 Å². The lowest BCUT2D eigenvalue weighted by Gasteiger charge is -2.24. The predicted molar refractivity (Wildman–Crippen MR) is 103 cm³/mol. The Labute approximate surface area is 159 Å². The molecule has 0 unspecified atom stereocenters. The fourth-order valence-corrected chi connectivity index (χ4v) is 7.00. The maximum atomic E-state index is 12.5. The van der Waals surface area contributed by atoms with Gasteiger partial charge in [0.15, 0.2) is 9.84 Å². The maximum absolute atomic E-state index is 12.5. The highest BCUT2D eigenvalue weighted by Crippen LogP contribution is 2.37. The van der Waals surface area contributed by atoms with E-state index >= 15 is 0 Å². The van der Waals surface area contributed by atoms with Crippen LogP contribution >= 0.6 is 11.6 Å². The Morgan fingerprint density at radius 1 is 1.19 bits per heavy atom. The molecule has 3 heterocycles. The summed E-state index contributed by atoms with van der Waals surface area (Å²) in [6.45, 7) is 1.99. The number of benzene rings is 1. The Balaban J connectivity index is 1.49. The summed E-state index contributed by atoms with van der Waals surface area (Å²) in [4.78, 5) is 4.24. The lowest BCUT2D eigenvalue weighted by Crippen LogP contribution is -2.37. The molecule has 1 aromatic carbocycles. The van der Waals surface area contributed by atoms with Crippen molar-refractivity contribution in [3.05, 3.63) is 47.2 Å². The van der Waals surface area contributed by atoms with Crippen LogP contribution in [0.15, 0.2) is 40.8 Å². The average Bonchev–Trinajstić information content (AvgIpc) is 3.25. The fourth-order valence-electron chi connectivity index (χ4n) is 4.26. The molecule has 0 aliphatic carbocycles. The third-order valence-corrected chi connectivity index (χ3v) is 8.14. The van der Waals surface area contributed by atoms with E-state index in [-0.39, 0.29) is 23.0 Å². The van der Waals surface area contributed by atoms with E-state index in [1.54, 1.807) is 0 Å². The first-order chi connectivity index (χ1) is 12.3. The molecule has 0 N–H and O–H groups in total. The summed E-state index contributed by atoms with van der Waals surface area (Å²) < 4.78 is 31.0. The molecule has 2 aromatic rings. The van der Waals surface area contributed by atoms with Crippen molar-refractivity contribution in [1.29, 1.82) is 0 Å². The first kappa shape index (κ1) is 18.0. The molecular formula is C19H23ClN2O3S. The van der Waals surface area contributed by atoms with Gasteiger partial charge in [0.1, 0.15) is 11.5 Å². The molecule has 140 valence electrons. The number of rotatable bonds is 4. The van der Waals surface area contributed by atoms with Gasteiger partial charge in [0.05, 0.1) is 22.6 Å². The summed E-state index contributed by atoms with van der Waals surface area (Å²) in [6, 6.07) is 11.6. The van der Waals surface area contributed by atoms with Gasteiger partial charge in [-0.3, -0.25) is 4.90 Å². The predicted octanol–water partition coefficient (Wildman–Crippen LogP) is 2.76. The SMILES string of the molecule is CN(C)[C@@H]1CS(=O)(=O)[C@H]2CN(Cc3ccc(-c4ccccc4Cl)o3)C[C@@H]12. The van der Waals surface area contributed by atoms with Crippen LogP contribution < -0.4 is 0 Å². The Morgan fingerprint density at radius 2 is 1.96 bits per heavy atom. The third kappa shape index (κ3) is 3.20. The topological polar surface area (TPSA) is 53.8 Å². The molecule has 0 amide bonds. The molecule has 1 aromatic heterocycles. The first-order valence-electron chi connectivity index (χ1n) is 8.79. The number of sulfone groups is 1. The average molecular weight is 395 g/mol. The highest BCUT2D eigenvalue weighted by Gasteiger charge is 2.52. The number of furan rings is 1. The molecule has 0 radical (unpaired) electrons. The van der Waals surface area contributed by atoms with Crippen LogP contribution in [-0.2, 0) is 16.4 Å². The second-order valence-corrected chi connectivity index (χ2v) is 10.2. The van der Waals surface area contributed by atoms with Gasteiger partial charge < -0.3 is 9.32 Å². The molecule has 2 aliphatic heterocycles. The molecule has 0 saturated carbocycles. The highest BCUT2D eigenvalue weighted by atomic mass is 35.5. The second kappa shape index (κ2) is 6.68. The Morgan fingerprint density at radius 3 is 2.69 bits per heavy atom. The molecule has 0 spiro atoms. The van der Waals surface area contributed by atoms with E-state index in [2.05, 4.69) is 4.90 Å². The Kier molecular flexibility index (Phi) is 4.63. The van der Waals surface area contributed by atoms with Crippen LogP contribution in [0.3, 0.4) is 0 Å². The molecule has 2 fully saturated rings. The van der Waals surface area contributed by atoms with E-state index in [1.165, 1.54) is 0 Å². The van der Waals surface area contributed by atoms with Crippen molar-refractivity contribution >= 4 is 21.4 Å². The summed E-state index contributed by atoms with van der Waals surface area (Å²) in [7, 11) is 0.914. The molecule has 2 saturated heterocycles. The molecule has 0 bridgehead atoms. The van der Waals surface area contributed by atoms with Gasteiger partial charge in [-0.05, 0) is 38.4 Å². The smallest absolute Gasteiger partial charge is 0.156 e. The minimum atomic E-state index is -3.02. The van der Waals surface area contributed by atoms with Gasteiger partial charge in [-0.1, -0.05) is 23.7 Å². The van der Waals surface area contributed by atoms with Crippen LogP contribution in [0.1, 0.15) is 5.76 Å². The van der Waals surface area contributed by atoms with Gasteiger partial charge >= 0.3 is 0 Å². The zero-order valence-electron chi connectivity index (χ0n) is 14.9. The van der Waals surface area contributed by atoms with Crippen molar-refractivity contribution in [2.24, 2.45) is 5.92 Å². The number of hydrogen-bond acceptors (Lipinski definition) is 5. The zero-order chi connectivity index (χ0) is 18.5. The minimum Gasteiger partial charge on any atom is -0.460 e. The van der Waals surface area contributed by atoms with Crippen molar-refractivity contribution in [3.8, 4) is 11.3 Å². The maximum Gasteiger partial charge on any atom is 0.156 e. The molecule has 4 rings (SSSR count). The Hall–Kier alpha value is -1.34.